The highest BCUT2D eigenvalue weighted by Gasteiger charge is 2.35. The van der Waals surface area contributed by atoms with E-state index in [0.717, 1.165) is 0 Å². The van der Waals surface area contributed by atoms with Gasteiger partial charge in [-0.05, 0) is 12.1 Å². The molecule has 0 bridgehead atoms. The van der Waals surface area contributed by atoms with Gasteiger partial charge in [-0.1, -0.05) is 23.7 Å². The molecular weight excluding hydrogens is 220 g/mol. The maximum absolute atomic E-state index is 10.9. The summed E-state index contributed by atoms with van der Waals surface area (Å²) in [6.07, 6.45) is -0.935. The second-order valence-corrected chi connectivity index (χ2v) is 3.51. The van der Waals surface area contributed by atoms with Gasteiger partial charge in [0.2, 0.25) is 5.76 Å². The van der Waals surface area contributed by atoms with Gasteiger partial charge in [0.1, 0.15) is 0 Å². The van der Waals surface area contributed by atoms with E-state index in [2.05, 4.69) is 0 Å². The van der Waals surface area contributed by atoms with Crippen molar-refractivity contribution >= 4 is 17.6 Å². The first-order valence-corrected chi connectivity index (χ1v) is 4.56. The smallest absolute Gasteiger partial charge is 0.378 e. The van der Waals surface area contributed by atoms with Crippen molar-refractivity contribution in [2.75, 3.05) is 0 Å². The lowest BCUT2D eigenvalue weighted by molar-refractivity contribution is -0.142. The van der Waals surface area contributed by atoms with Gasteiger partial charge in [0.05, 0.1) is 0 Å². The third-order valence-corrected chi connectivity index (χ3v) is 2.33. The van der Waals surface area contributed by atoms with E-state index in [4.69, 9.17) is 21.4 Å². The van der Waals surface area contributed by atoms with Crippen molar-refractivity contribution in [1.29, 1.82) is 0 Å². The Balaban J connectivity index is 2.35. The van der Waals surface area contributed by atoms with E-state index < -0.39 is 23.6 Å². The molecule has 4 nitrogen and oxygen atoms in total. The van der Waals surface area contributed by atoms with Gasteiger partial charge in [0, 0.05) is 10.6 Å². The van der Waals surface area contributed by atoms with E-state index in [1.54, 1.807) is 24.3 Å². The summed E-state index contributed by atoms with van der Waals surface area (Å²) in [5.41, 5.74) is 0.550. The molecule has 0 aliphatic carbocycles. The van der Waals surface area contributed by atoms with Crippen LogP contribution in [0.15, 0.2) is 35.8 Å². The molecule has 0 amide bonds. The van der Waals surface area contributed by atoms with E-state index in [1.807, 2.05) is 0 Å². The third kappa shape index (κ3) is 1.64. The molecule has 5 heteroatoms. The number of cyclic esters (lactones) is 1. The molecule has 0 radical (unpaired) electrons. The maximum atomic E-state index is 10.9. The normalized spacial score (nSPS) is 20.6. The number of benzene rings is 1. The second kappa shape index (κ2) is 3.47. The van der Waals surface area contributed by atoms with Crippen molar-refractivity contribution in [3.8, 4) is 0 Å². The highest BCUT2D eigenvalue weighted by atomic mass is 35.5. The number of carbonyl (C=O) groups excluding carboxylic acids is 1. The van der Waals surface area contributed by atoms with E-state index in [1.165, 1.54) is 0 Å². The van der Waals surface area contributed by atoms with Crippen LogP contribution in [0.2, 0.25) is 5.02 Å². The zero-order valence-electron chi connectivity index (χ0n) is 7.48. The molecule has 1 aliphatic heterocycles. The maximum Gasteiger partial charge on any atom is 0.378 e. The van der Waals surface area contributed by atoms with E-state index in [9.17, 15) is 9.90 Å². The zero-order valence-corrected chi connectivity index (χ0v) is 8.23. The van der Waals surface area contributed by atoms with Crippen molar-refractivity contribution in [2.24, 2.45) is 0 Å². The SMILES string of the molecule is O=C1O[C@@H](c2ccc(Cl)cc2)C(O)=C1O. The van der Waals surface area contributed by atoms with Crippen LogP contribution >= 0.6 is 11.6 Å². The Morgan fingerprint density at radius 3 is 2.27 bits per heavy atom. The lowest BCUT2D eigenvalue weighted by Gasteiger charge is -2.09. The van der Waals surface area contributed by atoms with Crippen molar-refractivity contribution < 1.29 is 19.7 Å². The number of ether oxygens (including phenoxy) is 1. The first kappa shape index (κ1) is 9.86. The molecule has 1 aromatic rings. The first-order valence-electron chi connectivity index (χ1n) is 4.18. The highest BCUT2D eigenvalue weighted by Crippen LogP contribution is 2.32. The minimum absolute atomic E-state index is 0.470. The van der Waals surface area contributed by atoms with Gasteiger partial charge in [-0.3, -0.25) is 0 Å². The molecule has 78 valence electrons. The minimum Gasteiger partial charge on any atom is -0.505 e. The predicted octanol–water partition coefficient (Wildman–Crippen LogP) is 2.27. The summed E-state index contributed by atoms with van der Waals surface area (Å²) in [5.74, 6) is -2.13. The molecule has 0 spiro atoms. The average Bonchev–Trinajstić information content (AvgIpc) is 2.47. The van der Waals surface area contributed by atoms with Gasteiger partial charge < -0.3 is 14.9 Å². The standard InChI is InChI=1S/C10H7ClO4/c11-6-3-1-5(2-4-6)9-7(12)8(13)10(14)15-9/h1-4,9,12-13H/t9-/m0/s1. The number of rotatable bonds is 1. The van der Waals surface area contributed by atoms with Crippen LogP contribution in [-0.2, 0) is 9.53 Å². The summed E-state index contributed by atoms with van der Waals surface area (Å²) in [5, 5.41) is 19.0. The van der Waals surface area contributed by atoms with Crippen LogP contribution in [0.1, 0.15) is 11.7 Å². The molecule has 0 unspecified atom stereocenters. The van der Waals surface area contributed by atoms with Gasteiger partial charge >= 0.3 is 5.97 Å². The number of carbonyl (C=O) groups is 1. The Labute approximate surface area is 90.4 Å². The number of hydrogen-bond donors (Lipinski definition) is 2. The summed E-state index contributed by atoms with van der Waals surface area (Å²) < 4.78 is 4.76. The number of halogens is 1. The fourth-order valence-corrected chi connectivity index (χ4v) is 1.44. The van der Waals surface area contributed by atoms with Crippen molar-refractivity contribution in [3.05, 3.63) is 46.4 Å². The molecule has 15 heavy (non-hydrogen) atoms. The quantitative estimate of drug-likeness (QED) is 0.721. The third-order valence-electron chi connectivity index (χ3n) is 2.08. The number of hydrogen-bond acceptors (Lipinski definition) is 4. The molecule has 0 fully saturated rings. The molecule has 2 N–H and O–H groups in total. The summed E-state index contributed by atoms with van der Waals surface area (Å²) >= 11 is 5.68. The van der Waals surface area contributed by atoms with Gasteiger partial charge in [-0.2, -0.15) is 0 Å². The lowest BCUT2D eigenvalue weighted by Crippen LogP contribution is -2.03. The Bertz CT molecular complexity index is 435. The summed E-state index contributed by atoms with van der Waals surface area (Å²) in [4.78, 5) is 10.9. The van der Waals surface area contributed by atoms with Gasteiger partial charge in [0.15, 0.2) is 11.9 Å². The van der Waals surface area contributed by atoms with E-state index >= 15 is 0 Å². The molecule has 2 rings (SSSR count). The van der Waals surface area contributed by atoms with Crippen LogP contribution < -0.4 is 0 Å². The summed E-state index contributed by atoms with van der Waals surface area (Å²) in [7, 11) is 0. The molecule has 1 heterocycles. The van der Waals surface area contributed by atoms with Crippen molar-refractivity contribution in [3.63, 3.8) is 0 Å². The lowest BCUT2D eigenvalue weighted by atomic mass is 10.1. The largest absolute Gasteiger partial charge is 0.505 e. The van der Waals surface area contributed by atoms with Crippen molar-refractivity contribution in [2.45, 2.75) is 6.10 Å². The minimum atomic E-state index is -0.935. The molecule has 1 aromatic carbocycles. The fraction of sp³-hybridized carbons (Fsp3) is 0.100. The van der Waals surface area contributed by atoms with Crippen LogP contribution in [0.3, 0.4) is 0 Å². The van der Waals surface area contributed by atoms with E-state index in [-0.39, 0.29) is 0 Å². The fourth-order valence-electron chi connectivity index (χ4n) is 1.31. The molecule has 0 saturated carbocycles. The molecular formula is C10H7ClO4. The summed E-state index contributed by atoms with van der Waals surface area (Å²) in [6.45, 7) is 0. The van der Waals surface area contributed by atoms with Gasteiger partial charge in [-0.15, -0.1) is 0 Å². The van der Waals surface area contributed by atoms with Crippen LogP contribution in [-0.4, -0.2) is 16.2 Å². The Morgan fingerprint density at radius 1 is 1.20 bits per heavy atom. The molecule has 1 aliphatic rings. The molecule has 0 saturated heterocycles. The Morgan fingerprint density at radius 2 is 1.80 bits per heavy atom. The number of aliphatic hydroxyl groups is 2. The van der Waals surface area contributed by atoms with Crippen molar-refractivity contribution in [1.82, 2.24) is 0 Å². The number of esters is 1. The topological polar surface area (TPSA) is 66.8 Å². The van der Waals surface area contributed by atoms with Crippen LogP contribution in [0.25, 0.3) is 0 Å². The Kier molecular flexibility index (Phi) is 2.28. The zero-order chi connectivity index (χ0) is 11.0. The summed E-state index contributed by atoms with van der Waals surface area (Å²) in [6, 6.07) is 6.42. The Hall–Kier alpha value is -1.68. The molecule has 0 aromatic heterocycles. The number of aliphatic hydroxyl groups excluding tert-OH is 2. The second-order valence-electron chi connectivity index (χ2n) is 3.07. The monoisotopic (exact) mass is 226 g/mol. The van der Waals surface area contributed by atoms with Gasteiger partial charge in [-0.25, -0.2) is 4.79 Å². The van der Waals surface area contributed by atoms with Crippen LogP contribution in [0, 0.1) is 0 Å². The van der Waals surface area contributed by atoms with Crippen LogP contribution in [0.5, 0.6) is 0 Å². The van der Waals surface area contributed by atoms with E-state index in [0.29, 0.717) is 10.6 Å². The first-order chi connectivity index (χ1) is 7.09. The predicted molar refractivity (Wildman–Crippen MR) is 52.6 cm³/mol. The van der Waals surface area contributed by atoms with Crippen LogP contribution in [0.4, 0.5) is 0 Å². The highest BCUT2D eigenvalue weighted by molar-refractivity contribution is 6.30. The average molecular weight is 227 g/mol. The molecule has 1 atom stereocenters. The van der Waals surface area contributed by atoms with Gasteiger partial charge in [0.25, 0.3) is 0 Å².